The van der Waals surface area contributed by atoms with E-state index in [1.54, 1.807) is 0 Å². The summed E-state index contributed by atoms with van der Waals surface area (Å²) in [6.07, 6.45) is 4.54. The number of aliphatic hydroxyl groups excluding tert-OH is 1. The fourth-order valence-corrected chi connectivity index (χ4v) is 3.52. The molecule has 0 aliphatic carbocycles. The Labute approximate surface area is 178 Å². The van der Waals surface area contributed by atoms with E-state index in [-0.39, 0.29) is 17.7 Å². The molecule has 1 saturated heterocycles. The van der Waals surface area contributed by atoms with Crippen molar-refractivity contribution in [1.82, 2.24) is 14.8 Å². The van der Waals surface area contributed by atoms with Crippen LogP contribution in [0.2, 0.25) is 0 Å². The molecule has 0 saturated carbocycles. The summed E-state index contributed by atoms with van der Waals surface area (Å²) in [4.78, 5) is 21.3. The number of aromatic nitrogens is 1. The highest BCUT2D eigenvalue weighted by Gasteiger charge is 2.21. The number of β-amino-alcohol motifs (C(OH)–C–C–N with tert-alkyl or cyclic N) is 1. The van der Waals surface area contributed by atoms with Crippen LogP contribution in [-0.2, 0) is 6.54 Å². The highest BCUT2D eigenvalue weighted by Crippen LogP contribution is 2.16. The van der Waals surface area contributed by atoms with Crippen molar-refractivity contribution < 1.29 is 14.3 Å². The van der Waals surface area contributed by atoms with Gasteiger partial charge in [0.25, 0.3) is 5.91 Å². The number of nitrogens with one attached hydrogen (secondary N) is 1. The van der Waals surface area contributed by atoms with E-state index >= 15 is 0 Å². The van der Waals surface area contributed by atoms with E-state index in [2.05, 4.69) is 26.7 Å². The lowest BCUT2D eigenvalue weighted by Crippen LogP contribution is -2.48. The van der Waals surface area contributed by atoms with E-state index in [4.69, 9.17) is 4.42 Å². The summed E-state index contributed by atoms with van der Waals surface area (Å²) in [7, 11) is 0. The first kappa shape index (κ1) is 22.2. The molecule has 1 aliphatic heterocycles. The van der Waals surface area contributed by atoms with Crippen LogP contribution in [0.3, 0.4) is 0 Å². The average Bonchev–Trinajstić information content (AvgIpc) is 3.19. The molecule has 1 amide bonds. The van der Waals surface area contributed by atoms with Crippen LogP contribution in [0, 0.1) is 13.8 Å². The number of hydrogen-bond acceptors (Lipinski definition) is 6. The molecule has 1 aliphatic rings. The molecule has 1 atom stereocenters. The van der Waals surface area contributed by atoms with Gasteiger partial charge in [0.15, 0.2) is 5.69 Å². The molecule has 0 spiro atoms. The molecule has 2 aromatic rings. The van der Waals surface area contributed by atoms with Crippen molar-refractivity contribution in [3.8, 4) is 0 Å². The van der Waals surface area contributed by atoms with Gasteiger partial charge in [-0.05, 0) is 49.9 Å². The standard InChI is InChI=1S/C23H32N4O3/c1-4-5-6-20(28)14-26-9-11-27(12-10-26)15-22-25-21(16-30-22)23(29)24-19-8-7-17(2)18(3)13-19/h4,7-8,13,16,20,28H,1,5-6,9-12,14-15H2,2-3H3,(H,24,29)/t20-/m1/s1. The largest absolute Gasteiger partial charge is 0.447 e. The lowest BCUT2D eigenvalue weighted by molar-refractivity contribution is 0.0642. The lowest BCUT2D eigenvalue weighted by atomic mass is 10.1. The smallest absolute Gasteiger partial charge is 0.277 e. The minimum absolute atomic E-state index is 0.272. The normalized spacial score (nSPS) is 16.4. The Bertz CT molecular complexity index is 856. The number of hydrogen-bond donors (Lipinski definition) is 2. The number of carbonyl (C=O) groups is 1. The maximum absolute atomic E-state index is 12.5. The summed E-state index contributed by atoms with van der Waals surface area (Å²) in [6, 6.07) is 5.81. The summed E-state index contributed by atoms with van der Waals surface area (Å²) in [5.41, 5.74) is 3.34. The zero-order chi connectivity index (χ0) is 21.5. The zero-order valence-corrected chi connectivity index (χ0v) is 17.9. The van der Waals surface area contributed by atoms with E-state index < -0.39 is 0 Å². The Morgan fingerprint density at radius 2 is 2.00 bits per heavy atom. The predicted molar refractivity (Wildman–Crippen MR) is 118 cm³/mol. The number of anilines is 1. The van der Waals surface area contributed by atoms with Crippen LogP contribution < -0.4 is 5.32 Å². The molecule has 2 heterocycles. The Morgan fingerprint density at radius 3 is 2.70 bits per heavy atom. The first-order valence-corrected chi connectivity index (χ1v) is 10.5. The van der Waals surface area contributed by atoms with Crippen LogP contribution in [0.5, 0.6) is 0 Å². The predicted octanol–water partition coefficient (Wildman–Crippen LogP) is 2.99. The van der Waals surface area contributed by atoms with Crippen molar-refractivity contribution in [3.63, 3.8) is 0 Å². The molecule has 7 heteroatoms. The Kier molecular flexibility index (Phi) is 7.79. The molecular weight excluding hydrogens is 380 g/mol. The Balaban J connectivity index is 1.46. The second-order valence-electron chi connectivity index (χ2n) is 7.98. The molecule has 1 aromatic heterocycles. The van der Waals surface area contributed by atoms with Gasteiger partial charge < -0.3 is 14.8 Å². The summed E-state index contributed by atoms with van der Waals surface area (Å²) in [6.45, 7) is 12.6. The van der Waals surface area contributed by atoms with E-state index in [1.165, 1.54) is 11.8 Å². The summed E-state index contributed by atoms with van der Waals surface area (Å²) >= 11 is 0. The molecule has 1 fully saturated rings. The molecule has 1 aromatic carbocycles. The van der Waals surface area contributed by atoms with Crippen LogP contribution in [0.15, 0.2) is 41.5 Å². The highest BCUT2D eigenvalue weighted by molar-refractivity contribution is 6.02. The van der Waals surface area contributed by atoms with Crippen molar-refractivity contribution in [2.24, 2.45) is 0 Å². The number of amides is 1. The third kappa shape index (κ3) is 6.26. The van der Waals surface area contributed by atoms with Gasteiger partial charge in [0, 0.05) is 38.4 Å². The Morgan fingerprint density at radius 1 is 1.27 bits per heavy atom. The van der Waals surface area contributed by atoms with Gasteiger partial charge in [-0.3, -0.25) is 14.6 Å². The van der Waals surface area contributed by atoms with Crippen LogP contribution in [0.4, 0.5) is 5.69 Å². The molecule has 7 nitrogen and oxygen atoms in total. The number of rotatable bonds is 9. The van der Waals surface area contributed by atoms with E-state index in [0.29, 0.717) is 19.0 Å². The summed E-state index contributed by atoms with van der Waals surface area (Å²) in [5, 5.41) is 12.9. The molecular formula is C23H32N4O3. The number of allylic oxidation sites excluding steroid dienone is 1. The monoisotopic (exact) mass is 412 g/mol. The van der Waals surface area contributed by atoms with Crippen molar-refractivity contribution in [2.75, 3.05) is 38.0 Å². The van der Waals surface area contributed by atoms with Crippen LogP contribution >= 0.6 is 0 Å². The van der Waals surface area contributed by atoms with E-state index in [0.717, 1.165) is 50.3 Å². The Hall–Kier alpha value is -2.48. The van der Waals surface area contributed by atoms with Gasteiger partial charge in [-0.15, -0.1) is 6.58 Å². The maximum atomic E-state index is 12.5. The number of carbonyl (C=O) groups excluding carboxylic acids is 1. The quantitative estimate of drug-likeness (QED) is 0.616. The van der Waals surface area contributed by atoms with Crippen LogP contribution in [0.25, 0.3) is 0 Å². The molecule has 162 valence electrons. The first-order valence-electron chi connectivity index (χ1n) is 10.5. The third-order valence-corrected chi connectivity index (χ3v) is 5.55. The maximum Gasteiger partial charge on any atom is 0.277 e. The molecule has 0 bridgehead atoms. The number of oxazole rings is 1. The lowest BCUT2D eigenvalue weighted by Gasteiger charge is -2.34. The topological polar surface area (TPSA) is 81.8 Å². The van der Waals surface area contributed by atoms with Crippen molar-refractivity contribution >= 4 is 11.6 Å². The molecule has 0 unspecified atom stereocenters. The van der Waals surface area contributed by atoms with E-state index in [1.807, 2.05) is 38.1 Å². The fourth-order valence-electron chi connectivity index (χ4n) is 3.52. The van der Waals surface area contributed by atoms with Crippen molar-refractivity contribution in [2.45, 2.75) is 39.3 Å². The van der Waals surface area contributed by atoms with Gasteiger partial charge >= 0.3 is 0 Å². The summed E-state index contributed by atoms with van der Waals surface area (Å²) in [5.74, 6) is 0.270. The van der Waals surface area contributed by atoms with Crippen molar-refractivity contribution in [3.05, 3.63) is 59.8 Å². The number of piperazine rings is 1. The second kappa shape index (κ2) is 10.5. The minimum Gasteiger partial charge on any atom is -0.447 e. The van der Waals surface area contributed by atoms with Gasteiger partial charge in [0.05, 0.1) is 12.6 Å². The van der Waals surface area contributed by atoms with Gasteiger partial charge in [-0.2, -0.15) is 0 Å². The van der Waals surface area contributed by atoms with E-state index in [9.17, 15) is 9.90 Å². The number of benzene rings is 1. The summed E-state index contributed by atoms with van der Waals surface area (Å²) < 4.78 is 5.53. The van der Waals surface area contributed by atoms with Crippen LogP contribution in [0.1, 0.15) is 40.3 Å². The zero-order valence-electron chi connectivity index (χ0n) is 17.9. The van der Waals surface area contributed by atoms with Gasteiger partial charge in [-0.25, -0.2) is 4.98 Å². The molecule has 2 N–H and O–H groups in total. The second-order valence-corrected chi connectivity index (χ2v) is 7.98. The number of aryl methyl sites for hydroxylation is 2. The SMILES string of the molecule is C=CCC[C@@H](O)CN1CCN(Cc2nc(C(=O)Nc3ccc(C)c(C)c3)co2)CC1. The number of nitrogens with zero attached hydrogens (tertiary/aromatic N) is 3. The van der Waals surface area contributed by atoms with Gasteiger partial charge in [0.2, 0.25) is 5.89 Å². The molecule has 30 heavy (non-hydrogen) atoms. The first-order chi connectivity index (χ1) is 14.4. The fraction of sp³-hybridized carbons (Fsp3) is 0.478. The minimum atomic E-state index is -0.306. The average molecular weight is 413 g/mol. The van der Waals surface area contributed by atoms with Crippen LogP contribution in [-0.4, -0.2) is 64.6 Å². The van der Waals surface area contributed by atoms with Crippen molar-refractivity contribution in [1.29, 1.82) is 0 Å². The van der Waals surface area contributed by atoms with Gasteiger partial charge in [-0.1, -0.05) is 12.1 Å². The number of aliphatic hydroxyl groups is 1. The molecule has 0 radical (unpaired) electrons. The van der Waals surface area contributed by atoms with Gasteiger partial charge in [0.1, 0.15) is 6.26 Å². The third-order valence-electron chi connectivity index (χ3n) is 5.55. The highest BCUT2D eigenvalue weighted by atomic mass is 16.3. The molecule has 3 rings (SSSR count).